The quantitative estimate of drug-likeness (QED) is 0.432. The second kappa shape index (κ2) is 6.42. The predicted octanol–water partition coefficient (Wildman–Crippen LogP) is 5.20. The molecule has 0 unspecified atom stereocenters. The van der Waals surface area contributed by atoms with Crippen molar-refractivity contribution >= 4 is 37.5 Å². The van der Waals surface area contributed by atoms with Crippen LogP contribution in [0.15, 0.2) is 71.5 Å². The molecule has 2 heterocycles. The number of hydrogen-bond acceptors (Lipinski definition) is 2. The maximum Gasteiger partial charge on any atom is 0.183 e. The van der Waals surface area contributed by atoms with Crippen molar-refractivity contribution in [2.45, 2.75) is 6.54 Å². The predicted molar refractivity (Wildman–Crippen MR) is 98.5 cm³/mol. The van der Waals surface area contributed by atoms with Gasteiger partial charge < -0.3 is 0 Å². The molecule has 24 heavy (non-hydrogen) atoms. The van der Waals surface area contributed by atoms with Crippen molar-refractivity contribution in [3.63, 3.8) is 0 Å². The van der Waals surface area contributed by atoms with Crippen molar-refractivity contribution in [3.8, 4) is 10.6 Å². The largest absolute Gasteiger partial charge is 0.236 e. The lowest BCUT2D eigenvalue weighted by Crippen LogP contribution is -2.33. The molecule has 0 spiro atoms. The molecule has 118 valence electrons. The Morgan fingerprint density at radius 1 is 1.04 bits per heavy atom. The van der Waals surface area contributed by atoms with E-state index in [9.17, 15) is 4.39 Å². The average Bonchev–Trinajstić information content (AvgIpc) is 2.98. The number of hydrogen-bond donors (Lipinski definition) is 0. The molecular weight excluding hydrogens is 387 g/mol. The first-order valence-corrected chi connectivity index (χ1v) is 9.08. The Balaban J connectivity index is 1.73. The molecule has 2 aromatic heterocycles. The Hall–Kier alpha value is -2.11. The van der Waals surface area contributed by atoms with Crippen molar-refractivity contribution < 1.29 is 8.96 Å². The lowest BCUT2D eigenvalue weighted by Gasteiger charge is -2.01. The summed E-state index contributed by atoms with van der Waals surface area (Å²) in [5.41, 5.74) is 2.98. The van der Waals surface area contributed by atoms with Gasteiger partial charge in [-0.1, -0.05) is 24.3 Å². The van der Waals surface area contributed by atoms with E-state index < -0.39 is 0 Å². The number of fused-ring (bicyclic) bond motifs is 1. The third kappa shape index (κ3) is 3.23. The minimum atomic E-state index is -0.213. The van der Waals surface area contributed by atoms with Gasteiger partial charge in [-0.2, -0.15) is 4.57 Å². The summed E-state index contributed by atoms with van der Waals surface area (Å²) in [6, 6.07) is 16.9. The van der Waals surface area contributed by atoms with E-state index in [0.29, 0.717) is 6.54 Å². The van der Waals surface area contributed by atoms with Crippen LogP contribution in [0, 0.1) is 5.82 Å². The molecule has 0 radical (unpaired) electrons. The SMILES string of the molecule is Fc1cccc(C[n+]2cc(Br)cc(-c3nc4ccccc4s3)c2)c1. The Kier molecular flexibility index (Phi) is 4.12. The van der Waals surface area contributed by atoms with Crippen molar-refractivity contribution in [2.24, 2.45) is 0 Å². The van der Waals surface area contributed by atoms with Gasteiger partial charge in [0.2, 0.25) is 0 Å². The first-order chi connectivity index (χ1) is 11.7. The highest BCUT2D eigenvalue weighted by Crippen LogP contribution is 2.30. The average molecular weight is 400 g/mol. The van der Waals surface area contributed by atoms with Gasteiger partial charge in [-0.25, -0.2) is 9.37 Å². The van der Waals surface area contributed by atoms with E-state index in [0.717, 1.165) is 26.1 Å². The topological polar surface area (TPSA) is 16.8 Å². The van der Waals surface area contributed by atoms with E-state index in [2.05, 4.69) is 28.1 Å². The first kappa shape index (κ1) is 15.4. The Morgan fingerprint density at radius 2 is 1.92 bits per heavy atom. The van der Waals surface area contributed by atoms with E-state index in [-0.39, 0.29) is 5.82 Å². The summed E-state index contributed by atoms with van der Waals surface area (Å²) in [7, 11) is 0. The standard InChI is InChI=1S/C19H13BrFN2S/c20-15-9-14(19-22-17-6-1-2-7-18(17)24-19)11-23(12-15)10-13-4-3-5-16(21)8-13/h1-9,11-12H,10H2/q+1. The summed E-state index contributed by atoms with van der Waals surface area (Å²) >= 11 is 5.24. The number of aromatic nitrogens is 2. The van der Waals surface area contributed by atoms with E-state index >= 15 is 0 Å². The minimum Gasteiger partial charge on any atom is -0.236 e. The van der Waals surface area contributed by atoms with Crippen LogP contribution in [-0.4, -0.2) is 4.98 Å². The van der Waals surface area contributed by atoms with Gasteiger partial charge in [-0.3, -0.25) is 0 Å². The summed E-state index contributed by atoms with van der Waals surface area (Å²) in [6.07, 6.45) is 4.04. The molecule has 0 bridgehead atoms. The van der Waals surface area contributed by atoms with Crippen molar-refractivity contribution in [3.05, 3.63) is 82.8 Å². The second-order valence-electron chi connectivity index (χ2n) is 5.53. The van der Waals surface area contributed by atoms with E-state index in [1.54, 1.807) is 23.5 Å². The minimum absolute atomic E-state index is 0.213. The number of halogens is 2. The molecule has 5 heteroatoms. The smallest absolute Gasteiger partial charge is 0.183 e. The van der Waals surface area contributed by atoms with Gasteiger partial charge in [0.05, 0.1) is 20.3 Å². The molecule has 0 fully saturated rings. The highest BCUT2D eigenvalue weighted by molar-refractivity contribution is 9.10. The van der Waals surface area contributed by atoms with Crippen LogP contribution in [-0.2, 0) is 6.54 Å². The monoisotopic (exact) mass is 399 g/mol. The van der Waals surface area contributed by atoms with Gasteiger partial charge in [-0.15, -0.1) is 11.3 Å². The fraction of sp³-hybridized carbons (Fsp3) is 0.0526. The summed E-state index contributed by atoms with van der Waals surface area (Å²) in [4.78, 5) is 4.71. The Bertz CT molecular complexity index is 996. The molecule has 0 aliphatic carbocycles. The second-order valence-corrected chi connectivity index (χ2v) is 7.48. The van der Waals surface area contributed by atoms with E-state index in [4.69, 9.17) is 4.98 Å². The molecule has 0 aliphatic rings. The molecule has 0 N–H and O–H groups in total. The Morgan fingerprint density at radius 3 is 2.75 bits per heavy atom. The molecule has 2 nitrogen and oxygen atoms in total. The lowest BCUT2D eigenvalue weighted by molar-refractivity contribution is -0.688. The van der Waals surface area contributed by atoms with Gasteiger partial charge in [0.25, 0.3) is 0 Å². The summed E-state index contributed by atoms with van der Waals surface area (Å²) in [5.74, 6) is -0.213. The van der Waals surface area contributed by atoms with Crippen molar-refractivity contribution in [1.82, 2.24) is 4.98 Å². The number of thiazole rings is 1. The zero-order chi connectivity index (χ0) is 16.5. The molecule has 0 atom stereocenters. The number of para-hydroxylation sites is 1. The van der Waals surface area contributed by atoms with Crippen LogP contribution in [0.2, 0.25) is 0 Å². The Labute approximate surface area is 151 Å². The highest BCUT2D eigenvalue weighted by Gasteiger charge is 2.13. The zero-order valence-corrected chi connectivity index (χ0v) is 15.0. The summed E-state index contributed by atoms with van der Waals surface area (Å²) < 4.78 is 17.6. The van der Waals surface area contributed by atoms with Crippen molar-refractivity contribution in [1.29, 1.82) is 0 Å². The van der Waals surface area contributed by atoms with E-state index in [1.807, 2.05) is 41.2 Å². The normalized spacial score (nSPS) is 11.1. The van der Waals surface area contributed by atoms with Gasteiger partial charge >= 0.3 is 0 Å². The number of rotatable bonds is 3. The molecular formula is C19H13BrFN2S+. The van der Waals surface area contributed by atoms with Crippen LogP contribution in [0.5, 0.6) is 0 Å². The zero-order valence-electron chi connectivity index (χ0n) is 12.6. The maximum atomic E-state index is 13.4. The summed E-state index contributed by atoms with van der Waals surface area (Å²) in [5, 5.41) is 0.977. The first-order valence-electron chi connectivity index (χ1n) is 7.47. The van der Waals surface area contributed by atoms with Crippen LogP contribution in [0.3, 0.4) is 0 Å². The maximum absolute atomic E-state index is 13.4. The van der Waals surface area contributed by atoms with Crippen LogP contribution in [0.25, 0.3) is 20.8 Å². The van der Waals surface area contributed by atoms with Crippen LogP contribution in [0.4, 0.5) is 4.39 Å². The highest BCUT2D eigenvalue weighted by atomic mass is 79.9. The van der Waals surface area contributed by atoms with Crippen LogP contribution in [0.1, 0.15) is 5.56 Å². The third-order valence-corrected chi connectivity index (χ3v) is 5.20. The van der Waals surface area contributed by atoms with Gasteiger partial charge in [-0.05, 0) is 46.3 Å². The van der Waals surface area contributed by atoms with Gasteiger partial charge in [0, 0.05) is 5.56 Å². The molecule has 0 amide bonds. The molecule has 4 aromatic rings. The van der Waals surface area contributed by atoms with Gasteiger partial charge in [0.1, 0.15) is 10.8 Å². The van der Waals surface area contributed by atoms with E-state index in [1.165, 1.54) is 10.8 Å². The summed E-state index contributed by atoms with van der Waals surface area (Å²) in [6.45, 7) is 0.606. The van der Waals surface area contributed by atoms with Crippen LogP contribution < -0.4 is 4.57 Å². The number of nitrogens with zero attached hydrogens (tertiary/aromatic N) is 2. The number of benzene rings is 2. The lowest BCUT2D eigenvalue weighted by atomic mass is 10.2. The third-order valence-electron chi connectivity index (χ3n) is 3.68. The van der Waals surface area contributed by atoms with Gasteiger partial charge in [0.15, 0.2) is 18.9 Å². The molecule has 0 aliphatic heterocycles. The molecule has 0 saturated carbocycles. The number of pyridine rings is 1. The molecule has 0 saturated heterocycles. The molecule has 4 rings (SSSR count). The fourth-order valence-corrected chi connectivity index (χ4v) is 4.10. The van der Waals surface area contributed by atoms with Crippen LogP contribution >= 0.6 is 27.3 Å². The van der Waals surface area contributed by atoms with Crippen molar-refractivity contribution in [2.75, 3.05) is 0 Å². The fourth-order valence-electron chi connectivity index (χ4n) is 2.65. The molecule has 2 aromatic carbocycles.